The Labute approximate surface area is 149 Å². The number of aromatic nitrogens is 3. The molecule has 132 valence electrons. The second-order valence-corrected chi connectivity index (χ2v) is 6.19. The molecule has 2 rings (SSSR count). The molecule has 0 radical (unpaired) electrons. The van der Waals surface area contributed by atoms with Crippen molar-refractivity contribution in [3.8, 4) is 17.1 Å². The van der Waals surface area contributed by atoms with Crippen molar-refractivity contribution in [2.24, 2.45) is 0 Å². The molecule has 1 N–H and O–H groups in total. The predicted octanol–water partition coefficient (Wildman–Crippen LogP) is 2.45. The Morgan fingerprint density at radius 2 is 2.04 bits per heavy atom. The number of hydrogen-bond acceptors (Lipinski definition) is 7. The number of ketones is 1. The van der Waals surface area contributed by atoms with E-state index >= 15 is 0 Å². The summed E-state index contributed by atoms with van der Waals surface area (Å²) in [6.45, 7) is 7.34. The number of phenolic OH excluding ortho intramolecular Hbond substituents is 1. The molecule has 25 heavy (non-hydrogen) atoms. The van der Waals surface area contributed by atoms with E-state index in [1.54, 1.807) is 41.8 Å². The maximum Gasteiger partial charge on any atom is 0.327 e. The summed E-state index contributed by atoms with van der Waals surface area (Å²) in [6.07, 6.45) is 1.67. The molecule has 1 heterocycles. The van der Waals surface area contributed by atoms with Crippen molar-refractivity contribution < 1.29 is 19.4 Å². The van der Waals surface area contributed by atoms with E-state index in [1.807, 2.05) is 0 Å². The highest BCUT2D eigenvalue weighted by Crippen LogP contribution is 2.28. The van der Waals surface area contributed by atoms with Gasteiger partial charge in [0.05, 0.1) is 6.61 Å². The van der Waals surface area contributed by atoms with Crippen LogP contribution in [0, 0.1) is 0 Å². The molecule has 0 spiro atoms. The number of phenols is 1. The minimum Gasteiger partial charge on any atom is -0.508 e. The third-order valence-electron chi connectivity index (χ3n) is 3.25. The summed E-state index contributed by atoms with van der Waals surface area (Å²) >= 11 is 0.998. The Balaban J connectivity index is 2.37. The monoisotopic (exact) mass is 361 g/mol. The molecule has 0 aliphatic heterocycles. The van der Waals surface area contributed by atoms with Gasteiger partial charge in [0.15, 0.2) is 22.0 Å². The molecule has 8 heteroatoms. The highest BCUT2D eigenvalue weighted by atomic mass is 32.2. The summed E-state index contributed by atoms with van der Waals surface area (Å²) in [5, 5.41) is 17.1. The minimum absolute atomic E-state index is 0.145. The van der Waals surface area contributed by atoms with Crippen LogP contribution >= 0.6 is 11.8 Å². The molecule has 0 saturated carbocycles. The highest BCUT2D eigenvalue weighted by molar-refractivity contribution is 8.01. The quantitative estimate of drug-likeness (QED) is 0.334. The first-order chi connectivity index (χ1) is 12.0. The molecule has 1 aromatic carbocycles. The van der Waals surface area contributed by atoms with Crippen LogP contribution in [-0.2, 0) is 20.9 Å². The molecule has 0 amide bonds. The van der Waals surface area contributed by atoms with Gasteiger partial charge in [-0.1, -0.05) is 17.8 Å². The van der Waals surface area contributed by atoms with Crippen molar-refractivity contribution in [3.63, 3.8) is 0 Å². The fourth-order valence-electron chi connectivity index (χ4n) is 2.11. The summed E-state index contributed by atoms with van der Waals surface area (Å²) in [5.41, 5.74) is 0.745. The van der Waals surface area contributed by atoms with Crippen LogP contribution in [0.3, 0.4) is 0 Å². The zero-order chi connectivity index (χ0) is 18.4. The van der Waals surface area contributed by atoms with Gasteiger partial charge in [-0.15, -0.1) is 16.8 Å². The third kappa shape index (κ3) is 4.48. The zero-order valence-electron chi connectivity index (χ0n) is 14.0. The molecule has 0 aliphatic carbocycles. The second kappa shape index (κ2) is 8.48. The van der Waals surface area contributed by atoms with Crippen molar-refractivity contribution in [1.29, 1.82) is 0 Å². The molecular formula is C17H19N3O4S. The minimum atomic E-state index is -1.000. The molecule has 1 aromatic heterocycles. The number of rotatable bonds is 8. The lowest BCUT2D eigenvalue weighted by atomic mass is 10.2. The summed E-state index contributed by atoms with van der Waals surface area (Å²) in [4.78, 5) is 23.8. The second-order valence-electron chi connectivity index (χ2n) is 5.11. The molecule has 0 bridgehead atoms. The van der Waals surface area contributed by atoms with E-state index in [0.717, 1.165) is 17.3 Å². The van der Waals surface area contributed by atoms with Crippen LogP contribution in [0.15, 0.2) is 42.1 Å². The van der Waals surface area contributed by atoms with Gasteiger partial charge in [-0.2, -0.15) is 0 Å². The Kier molecular flexibility index (Phi) is 6.35. The van der Waals surface area contributed by atoms with Crippen molar-refractivity contribution in [2.75, 3.05) is 6.61 Å². The number of benzene rings is 1. The van der Waals surface area contributed by atoms with Gasteiger partial charge in [-0.25, -0.2) is 0 Å². The van der Waals surface area contributed by atoms with Gasteiger partial charge in [0.1, 0.15) is 5.75 Å². The van der Waals surface area contributed by atoms with E-state index in [9.17, 15) is 14.7 Å². The molecule has 0 fully saturated rings. The van der Waals surface area contributed by atoms with E-state index in [2.05, 4.69) is 16.8 Å². The van der Waals surface area contributed by atoms with Crippen molar-refractivity contribution >= 4 is 23.5 Å². The number of esters is 1. The van der Waals surface area contributed by atoms with E-state index < -0.39 is 11.2 Å². The van der Waals surface area contributed by atoms with Gasteiger partial charge in [0, 0.05) is 12.1 Å². The summed E-state index contributed by atoms with van der Waals surface area (Å²) < 4.78 is 6.71. The molecule has 0 saturated heterocycles. The van der Waals surface area contributed by atoms with Crippen LogP contribution in [0.2, 0.25) is 0 Å². The Morgan fingerprint density at radius 1 is 1.36 bits per heavy atom. The first-order valence-electron chi connectivity index (χ1n) is 7.65. The number of carbonyl (C=O) groups is 2. The maximum atomic E-state index is 12.0. The molecule has 0 aliphatic rings. The molecule has 1 unspecified atom stereocenters. The highest BCUT2D eigenvalue weighted by Gasteiger charge is 2.29. The lowest BCUT2D eigenvalue weighted by Crippen LogP contribution is -2.27. The van der Waals surface area contributed by atoms with Gasteiger partial charge in [0.25, 0.3) is 0 Å². The van der Waals surface area contributed by atoms with E-state index in [0.29, 0.717) is 17.5 Å². The zero-order valence-corrected chi connectivity index (χ0v) is 14.8. The number of allylic oxidation sites excluding steroid dienone is 1. The van der Waals surface area contributed by atoms with Crippen LogP contribution in [0.1, 0.15) is 13.8 Å². The molecule has 2 aromatic rings. The number of ether oxygens (including phenoxy) is 1. The van der Waals surface area contributed by atoms with E-state index in [1.165, 1.54) is 6.92 Å². The first-order valence-corrected chi connectivity index (χ1v) is 8.53. The van der Waals surface area contributed by atoms with Crippen LogP contribution < -0.4 is 0 Å². The third-order valence-corrected chi connectivity index (χ3v) is 4.52. The van der Waals surface area contributed by atoms with Crippen molar-refractivity contribution in [3.05, 3.63) is 36.9 Å². The number of carbonyl (C=O) groups excluding carboxylic acids is 2. The lowest BCUT2D eigenvalue weighted by molar-refractivity contribution is -0.144. The molecule has 7 nitrogen and oxygen atoms in total. The van der Waals surface area contributed by atoms with Crippen LogP contribution in [0.4, 0.5) is 0 Å². The normalized spacial score (nSPS) is 11.8. The van der Waals surface area contributed by atoms with Crippen LogP contribution in [-0.4, -0.2) is 43.5 Å². The summed E-state index contributed by atoms with van der Waals surface area (Å²) in [6, 6.07) is 6.51. The lowest BCUT2D eigenvalue weighted by Gasteiger charge is -2.13. The van der Waals surface area contributed by atoms with E-state index in [4.69, 9.17) is 4.74 Å². The average molecular weight is 361 g/mol. The smallest absolute Gasteiger partial charge is 0.327 e. The molecular weight excluding hydrogens is 342 g/mol. The maximum absolute atomic E-state index is 12.0. The van der Waals surface area contributed by atoms with Crippen LogP contribution in [0.5, 0.6) is 5.75 Å². The fourth-order valence-corrected chi connectivity index (χ4v) is 3.03. The number of thioether (sulfide) groups is 1. The largest absolute Gasteiger partial charge is 0.508 e. The number of nitrogens with zero attached hydrogens (tertiary/aromatic N) is 3. The number of Topliss-reactive ketones (excluding diaryl/α,β-unsaturated/α-hetero) is 1. The molecule has 1 atom stereocenters. The topological polar surface area (TPSA) is 94.3 Å². The Hall–Kier alpha value is -2.61. The summed E-state index contributed by atoms with van der Waals surface area (Å²) in [7, 11) is 0. The summed E-state index contributed by atoms with van der Waals surface area (Å²) in [5.74, 6) is -0.220. The van der Waals surface area contributed by atoms with Gasteiger partial charge >= 0.3 is 5.97 Å². The fraction of sp³-hybridized carbons (Fsp3) is 0.294. The number of hydrogen-bond donors (Lipinski definition) is 1. The Bertz CT molecular complexity index is 771. The van der Waals surface area contributed by atoms with Gasteiger partial charge in [-0.05, 0) is 38.1 Å². The predicted molar refractivity (Wildman–Crippen MR) is 94.3 cm³/mol. The van der Waals surface area contributed by atoms with Crippen molar-refractivity contribution in [2.45, 2.75) is 30.8 Å². The SMILES string of the molecule is C=CCn1c(SC(C(C)=O)C(=O)OCC)nnc1-c1ccc(O)cc1. The Morgan fingerprint density at radius 3 is 2.60 bits per heavy atom. The average Bonchev–Trinajstić information content (AvgIpc) is 2.96. The van der Waals surface area contributed by atoms with Crippen LogP contribution in [0.25, 0.3) is 11.4 Å². The first kappa shape index (κ1) is 18.7. The standard InChI is InChI=1S/C17H19N3O4S/c1-4-10-20-15(12-6-8-13(22)9-7-12)18-19-17(20)25-14(11(3)21)16(23)24-5-2/h4,6-9,14,22H,1,5,10H2,2-3H3. The van der Waals surface area contributed by atoms with Gasteiger partial charge < -0.3 is 9.84 Å². The van der Waals surface area contributed by atoms with Crippen molar-refractivity contribution in [1.82, 2.24) is 14.8 Å². The van der Waals surface area contributed by atoms with Gasteiger partial charge in [0.2, 0.25) is 0 Å². The number of aromatic hydroxyl groups is 1. The van der Waals surface area contributed by atoms with Gasteiger partial charge in [-0.3, -0.25) is 14.2 Å². The van der Waals surface area contributed by atoms with E-state index in [-0.39, 0.29) is 18.1 Å².